The van der Waals surface area contributed by atoms with Crippen LogP contribution in [-0.2, 0) is 6.42 Å². The first-order valence-electron chi connectivity index (χ1n) is 7.38. The molecule has 0 aromatic carbocycles. The molecule has 6 nitrogen and oxygen atoms in total. The molecular formula is C15H23N5O. The third-order valence-corrected chi connectivity index (χ3v) is 3.13. The van der Waals surface area contributed by atoms with Gasteiger partial charge in [-0.25, -0.2) is 4.98 Å². The first-order valence-corrected chi connectivity index (χ1v) is 7.38. The van der Waals surface area contributed by atoms with E-state index >= 15 is 0 Å². The zero-order valence-electron chi connectivity index (χ0n) is 13.3. The van der Waals surface area contributed by atoms with Crippen LogP contribution in [-0.4, -0.2) is 26.3 Å². The number of nitrogens with one attached hydrogen (secondary N) is 1. The Morgan fingerprint density at radius 3 is 2.62 bits per heavy atom. The van der Waals surface area contributed by atoms with Crippen LogP contribution in [0.5, 0.6) is 11.6 Å². The van der Waals surface area contributed by atoms with Gasteiger partial charge in [0, 0.05) is 19.0 Å². The molecule has 1 N–H and O–H groups in total. The van der Waals surface area contributed by atoms with Crippen LogP contribution in [0.1, 0.15) is 45.1 Å². The van der Waals surface area contributed by atoms with E-state index in [1.165, 1.54) is 0 Å². The van der Waals surface area contributed by atoms with Crippen LogP contribution < -0.4 is 10.1 Å². The van der Waals surface area contributed by atoms with Gasteiger partial charge < -0.3 is 10.1 Å². The predicted octanol–water partition coefficient (Wildman–Crippen LogP) is 3.35. The lowest BCUT2D eigenvalue weighted by molar-refractivity contribution is 0.451. The van der Waals surface area contributed by atoms with Gasteiger partial charge >= 0.3 is 0 Å². The summed E-state index contributed by atoms with van der Waals surface area (Å²) in [6.07, 6.45) is 4.35. The summed E-state index contributed by atoms with van der Waals surface area (Å²) >= 11 is 0. The Hall–Kier alpha value is -2.11. The van der Waals surface area contributed by atoms with E-state index in [1.54, 1.807) is 6.20 Å². The Morgan fingerprint density at radius 2 is 2.05 bits per heavy atom. The Bertz CT molecular complexity index is 606. The number of nitrogens with zero attached hydrogens (tertiary/aromatic N) is 4. The molecule has 0 spiro atoms. The maximum Gasteiger partial charge on any atom is 0.227 e. The monoisotopic (exact) mass is 289 g/mol. The maximum absolute atomic E-state index is 5.90. The van der Waals surface area contributed by atoms with E-state index in [9.17, 15) is 0 Å². The molecule has 2 rings (SSSR count). The van der Waals surface area contributed by atoms with Crippen LogP contribution in [0.2, 0.25) is 0 Å². The number of hydrogen-bond acceptors (Lipinski definition) is 5. The third-order valence-electron chi connectivity index (χ3n) is 3.13. The van der Waals surface area contributed by atoms with Crippen molar-refractivity contribution in [3.63, 3.8) is 0 Å². The maximum atomic E-state index is 5.90. The number of rotatable bonds is 6. The first kappa shape index (κ1) is 15.3. The van der Waals surface area contributed by atoms with Gasteiger partial charge in [-0.1, -0.05) is 6.92 Å². The molecule has 0 amide bonds. The molecule has 0 fully saturated rings. The molecule has 0 bridgehead atoms. The summed E-state index contributed by atoms with van der Waals surface area (Å²) in [5.41, 5.74) is 0.909. The van der Waals surface area contributed by atoms with Crippen LogP contribution in [0.3, 0.4) is 0 Å². The van der Waals surface area contributed by atoms with E-state index in [0.717, 1.165) is 30.2 Å². The molecule has 2 aromatic heterocycles. The fourth-order valence-corrected chi connectivity index (χ4v) is 1.90. The zero-order chi connectivity index (χ0) is 15.4. The topological polar surface area (TPSA) is 64.9 Å². The lowest BCUT2D eigenvalue weighted by Crippen LogP contribution is -2.07. The van der Waals surface area contributed by atoms with Crippen molar-refractivity contribution < 1.29 is 4.74 Å². The van der Waals surface area contributed by atoms with E-state index in [4.69, 9.17) is 4.74 Å². The highest BCUT2D eigenvalue weighted by Gasteiger charge is 2.13. The second-order valence-electron chi connectivity index (χ2n) is 5.15. The lowest BCUT2D eigenvalue weighted by atomic mass is 10.3. The molecule has 0 unspecified atom stereocenters. The standard InChI is InChI=1S/C15H23N5O/c1-6-13-18-14(16-7-2)11(5)15(19-13)21-12-8-17-20(9-12)10(3)4/h8-10H,6-7H2,1-5H3,(H,16,18,19). The molecule has 0 aliphatic carbocycles. The van der Waals surface area contributed by atoms with Gasteiger partial charge in [0.25, 0.3) is 0 Å². The molecule has 6 heteroatoms. The average Bonchev–Trinajstić information content (AvgIpc) is 2.92. The van der Waals surface area contributed by atoms with Crippen molar-refractivity contribution in [2.45, 2.75) is 47.1 Å². The number of hydrogen-bond donors (Lipinski definition) is 1. The fraction of sp³-hybridized carbons (Fsp3) is 0.533. The van der Waals surface area contributed by atoms with Crippen LogP contribution in [0.15, 0.2) is 12.4 Å². The smallest absolute Gasteiger partial charge is 0.227 e. The van der Waals surface area contributed by atoms with Crippen LogP contribution in [0.4, 0.5) is 5.82 Å². The summed E-state index contributed by atoms with van der Waals surface area (Å²) in [5.74, 6) is 2.87. The van der Waals surface area contributed by atoms with Crippen molar-refractivity contribution in [1.82, 2.24) is 19.7 Å². The highest BCUT2D eigenvalue weighted by Crippen LogP contribution is 2.27. The molecule has 0 saturated carbocycles. The van der Waals surface area contributed by atoms with Crippen LogP contribution in [0.25, 0.3) is 0 Å². The highest BCUT2D eigenvalue weighted by molar-refractivity contribution is 5.49. The average molecular weight is 289 g/mol. The van der Waals surface area contributed by atoms with Crippen molar-refractivity contribution >= 4 is 5.82 Å². The van der Waals surface area contributed by atoms with Crippen molar-refractivity contribution in [3.8, 4) is 11.6 Å². The second-order valence-corrected chi connectivity index (χ2v) is 5.15. The minimum absolute atomic E-state index is 0.303. The quantitative estimate of drug-likeness (QED) is 0.883. The van der Waals surface area contributed by atoms with Gasteiger partial charge in [0.05, 0.1) is 18.0 Å². The number of anilines is 1. The Morgan fingerprint density at radius 1 is 1.29 bits per heavy atom. The van der Waals surface area contributed by atoms with E-state index in [2.05, 4.69) is 34.2 Å². The summed E-state index contributed by atoms with van der Waals surface area (Å²) in [6.45, 7) is 11.0. The van der Waals surface area contributed by atoms with Crippen LogP contribution >= 0.6 is 0 Å². The van der Waals surface area contributed by atoms with Gasteiger partial charge in [-0.3, -0.25) is 4.68 Å². The van der Waals surface area contributed by atoms with E-state index < -0.39 is 0 Å². The van der Waals surface area contributed by atoms with Crippen molar-refractivity contribution in [1.29, 1.82) is 0 Å². The third kappa shape index (κ3) is 3.51. The minimum atomic E-state index is 0.303. The molecule has 0 atom stereocenters. The van der Waals surface area contributed by atoms with Crippen molar-refractivity contribution in [3.05, 3.63) is 23.8 Å². The first-order chi connectivity index (χ1) is 10.0. The number of aryl methyl sites for hydroxylation is 1. The minimum Gasteiger partial charge on any atom is -0.435 e. The zero-order valence-corrected chi connectivity index (χ0v) is 13.3. The van der Waals surface area contributed by atoms with Gasteiger partial charge in [-0.05, 0) is 27.7 Å². The van der Waals surface area contributed by atoms with E-state index in [0.29, 0.717) is 17.7 Å². The molecule has 0 radical (unpaired) electrons. The van der Waals surface area contributed by atoms with E-state index in [-0.39, 0.29) is 0 Å². The highest BCUT2D eigenvalue weighted by atomic mass is 16.5. The van der Waals surface area contributed by atoms with Crippen molar-refractivity contribution in [2.75, 3.05) is 11.9 Å². The number of ether oxygens (including phenoxy) is 1. The SMILES string of the molecule is CCNc1nc(CC)nc(Oc2cnn(C(C)C)c2)c1C. The van der Waals surface area contributed by atoms with Gasteiger partial charge in [-0.2, -0.15) is 10.1 Å². The summed E-state index contributed by atoms with van der Waals surface area (Å²) in [4.78, 5) is 8.97. The second kappa shape index (κ2) is 6.56. The molecule has 114 valence electrons. The molecule has 21 heavy (non-hydrogen) atoms. The lowest BCUT2D eigenvalue weighted by Gasteiger charge is -2.12. The summed E-state index contributed by atoms with van der Waals surface area (Å²) in [6, 6.07) is 0.303. The largest absolute Gasteiger partial charge is 0.435 e. The summed E-state index contributed by atoms with van der Waals surface area (Å²) in [5, 5.41) is 7.52. The molecule has 0 aliphatic heterocycles. The van der Waals surface area contributed by atoms with Gasteiger partial charge in [0.2, 0.25) is 5.88 Å². The normalized spacial score (nSPS) is 11.0. The Kier molecular flexibility index (Phi) is 4.77. The number of aromatic nitrogens is 4. The van der Waals surface area contributed by atoms with Gasteiger partial charge in [0.15, 0.2) is 5.75 Å². The summed E-state index contributed by atoms with van der Waals surface area (Å²) in [7, 11) is 0. The fourth-order valence-electron chi connectivity index (χ4n) is 1.90. The van der Waals surface area contributed by atoms with Gasteiger partial charge in [0.1, 0.15) is 11.6 Å². The summed E-state index contributed by atoms with van der Waals surface area (Å²) < 4.78 is 7.75. The van der Waals surface area contributed by atoms with E-state index in [1.807, 2.05) is 31.6 Å². The molecule has 0 aliphatic rings. The molecule has 0 saturated heterocycles. The van der Waals surface area contributed by atoms with Crippen molar-refractivity contribution in [2.24, 2.45) is 0 Å². The molecule has 2 heterocycles. The predicted molar refractivity (Wildman–Crippen MR) is 83.0 cm³/mol. The molecule has 2 aromatic rings. The molecular weight excluding hydrogens is 266 g/mol. The van der Waals surface area contributed by atoms with Gasteiger partial charge in [-0.15, -0.1) is 0 Å². The van der Waals surface area contributed by atoms with Crippen LogP contribution in [0, 0.1) is 6.92 Å². The Balaban J connectivity index is 2.31. The Labute approximate surface area is 125 Å².